The van der Waals surface area contributed by atoms with Crippen molar-refractivity contribution in [3.8, 4) is 5.75 Å². The number of ether oxygens (including phenoxy) is 1. The molecule has 0 unspecified atom stereocenters. The van der Waals surface area contributed by atoms with Crippen LogP contribution >= 0.6 is 0 Å². The highest BCUT2D eigenvalue weighted by Gasteiger charge is 2.29. The number of carbonyl (C=O) groups excluding carboxylic acids is 1. The van der Waals surface area contributed by atoms with Gasteiger partial charge in [0.1, 0.15) is 5.75 Å². The summed E-state index contributed by atoms with van der Waals surface area (Å²) in [5.41, 5.74) is 0.580. The first-order chi connectivity index (χ1) is 12.3. The summed E-state index contributed by atoms with van der Waals surface area (Å²) in [5, 5.41) is 3.08. The van der Waals surface area contributed by atoms with Gasteiger partial charge in [-0.3, -0.25) is 4.79 Å². The first kappa shape index (κ1) is 17.5. The molecule has 2 N–H and O–H groups in total. The van der Waals surface area contributed by atoms with Gasteiger partial charge in [0.05, 0.1) is 38.1 Å². The van der Waals surface area contributed by atoms with Gasteiger partial charge in [-0.2, -0.15) is 0 Å². The van der Waals surface area contributed by atoms with Gasteiger partial charge >= 0.3 is 0 Å². The lowest BCUT2D eigenvalue weighted by atomic mass is 10.1. The van der Waals surface area contributed by atoms with Crippen LogP contribution in [-0.2, 0) is 0 Å². The standard InChI is InChI=1S/C20H26N2O3/c1-2-24-18-10-5-4-9-16(18)20(23)21-15-17(19-11-8-14-25-19)22-12-6-3-7-13-22/h4-5,8-11,14,17H,2-3,6-7,12-13,15H2,1H3,(H,21,23)/p+1/t17-/m0/s1. The number of quaternary nitrogens is 1. The number of hydrogen-bond acceptors (Lipinski definition) is 3. The Labute approximate surface area is 149 Å². The highest BCUT2D eigenvalue weighted by molar-refractivity contribution is 5.96. The first-order valence-electron chi connectivity index (χ1n) is 9.17. The van der Waals surface area contributed by atoms with Gasteiger partial charge in [-0.05, 0) is 50.5 Å². The predicted octanol–water partition coefficient (Wildman–Crippen LogP) is 2.22. The number of furan rings is 1. The zero-order valence-corrected chi connectivity index (χ0v) is 14.8. The first-order valence-corrected chi connectivity index (χ1v) is 9.17. The second-order valence-corrected chi connectivity index (χ2v) is 6.43. The largest absolute Gasteiger partial charge is 0.493 e. The van der Waals surface area contributed by atoms with Crippen LogP contribution in [0.15, 0.2) is 47.1 Å². The van der Waals surface area contributed by atoms with Crippen LogP contribution in [0.5, 0.6) is 5.75 Å². The normalized spacial score (nSPS) is 16.4. The van der Waals surface area contributed by atoms with E-state index >= 15 is 0 Å². The number of benzene rings is 1. The summed E-state index contributed by atoms with van der Waals surface area (Å²) in [7, 11) is 0. The molecular weight excluding hydrogens is 316 g/mol. The van der Waals surface area contributed by atoms with E-state index in [1.54, 1.807) is 12.3 Å². The van der Waals surface area contributed by atoms with Gasteiger partial charge in [-0.25, -0.2) is 0 Å². The van der Waals surface area contributed by atoms with E-state index in [2.05, 4.69) is 5.32 Å². The van der Waals surface area contributed by atoms with E-state index in [1.165, 1.54) is 24.2 Å². The predicted molar refractivity (Wildman–Crippen MR) is 95.9 cm³/mol. The number of amides is 1. The summed E-state index contributed by atoms with van der Waals surface area (Å²) in [4.78, 5) is 14.2. The smallest absolute Gasteiger partial charge is 0.255 e. The molecule has 0 radical (unpaired) electrons. The fraction of sp³-hybridized carbons (Fsp3) is 0.450. The Morgan fingerprint density at radius 2 is 2.00 bits per heavy atom. The van der Waals surface area contributed by atoms with Crippen molar-refractivity contribution in [1.29, 1.82) is 0 Å². The third kappa shape index (κ3) is 4.42. The van der Waals surface area contributed by atoms with Crippen molar-refractivity contribution >= 4 is 5.91 Å². The highest BCUT2D eigenvalue weighted by Crippen LogP contribution is 2.18. The Hall–Kier alpha value is -2.27. The lowest BCUT2D eigenvalue weighted by molar-refractivity contribution is -0.936. The van der Waals surface area contributed by atoms with Gasteiger partial charge in [0.25, 0.3) is 5.91 Å². The third-order valence-electron chi connectivity index (χ3n) is 4.77. The minimum Gasteiger partial charge on any atom is -0.493 e. The van der Waals surface area contributed by atoms with E-state index in [9.17, 15) is 4.79 Å². The summed E-state index contributed by atoms with van der Waals surface area (Å²) < 4.78 is 11.2. The second kappa shape index (κ2) is 8.72. The zero-order valence-electron chi connectivity index (χ0n) is 14.8. The number of likely N-dealkylation sites (tertiary alicyclic amines) is 1. The molecule has 1 aromatic carbocycles. The fourth-order valence-electron chi connectivity index (χ4n) is 3.52. The molecule has 0 saturated carbocycles. The van der Waals surface area contributed by atoms with Crippen molar-refractivity contribution in [2.75, 3.05) is 26.2 Å². The van der Waals surface area contributed by atoms with Crippen LogP contribution in [0.3, 0.4) is 0 Å². The molecule has 0 aliphatic carbocycles. The van der Waals surface area contributed by atoms with Crippen LogP contribution in [0.25, 0.3) is 0 Å². The Bertz CT molecular complexity index is 663. The number of nitrogens with one attached hydrogen (secondary N) is 2. The quantitative estimate of drug-likeness (QED) is 0.810. The number of carbonyl (C=O) groups is 1. The molecule has 1 amide bonds. The Morgan fingerprint density at radius 1 is 1.20 bits per heavy atom. The molecule has 2 aromatic rings. The SMILES string of the molecule is CCOc1ccccc1C(=O)NC[C@@H](c1ccco1)[NH+]1CCCCC1. The highest BCUT2D eigenvalue weighted by atomic mass is 16.5. The average molecular weight is 343 g/mol. The van der Waals surface area contributed by atoms with Crippen LogP contribution in [0.4, 0.5) is 0 Å². The van der Waals surface area contributed by atoms with E-state index in [1.807, 2.05) is 37.3 Å². The van der Waals surface area contributed by atoms with Gasteiger partial charge in [0.2, 0.25) is 0 Å². The molecule has 2 heterocycles. The molecule has 1 aromatic heterocycles. The number of piperidine rings is 1. The molecule has 134 valence electrons. The third-order valence-corrected chi connectivity index (χ3v) is 4.77. The topological polar surface area (TPSA) is 55.9 Å². The van der Waals surface area contributed by atoms with Crippen LogP contribution in [0, 0.1) is 0 Å². The second-order valence-electron chi connectivity index (χ2n) is 6.43. The van der Waals surface area contributed by atoms with Gasteiger partial charge in [0, 0.05) is 0 Å². The summed E-state index contributed by atoms with van der Waals surface area (Å²) in [6, 6.07) is 11.4. The maximum atomic E-state index is 12.7. The van der Waals surface area contributed by atoms with Crippen LogP contribution in [0.1, 0.15) is 48.3 Å². The summed E-state index contributed by atoms with van der Waals surface area (Å²) in [6.45, 7) is 5.26. The number of rotatable bonds is 7. The molecule has 1 saturated heterocycles. The molecule has 1 aliphatic rings. The average Bonchev–Trinajstić information content (AvgIpc) is 3.18. The molecule has 1 fully saturated rings. The summed E-state index contributed by atoms with van der Waals surface area (Å²) in [6.07, 6.45) is 5.46. The van der Waals surface area contributed by atoms with Gasteiger partial charge in [-0.15, -0.1) is 0 Å². The zero-order chi connectivity index (χ0) is 17.5. The molecule has 0 bridgehead atoms. The van der Waals surface area contributed by atoms with Crippen molar-refractivity contribution in [2.24, 2.45) is 0 Å². The summed E-state index contributed by atoms with van der Waals surface area (Å²) >= 11 is 0. The molecule has 25 heavy (non-hydrogen) atoms. The van der Waals surface area contributed by atoms with E-state index < -0.39 is 0 Å². The maximum Gasteiger partial charge on any atom is 0.255 e. The monoisotopic (exact) mass is 343 g/mol. The van der Waals surface area contributed by atoms with Gasteiger partial charge in [0.15, 0.2) is 11.8 Å². The molecule has 5 heteroatoms. The van der Waals surface area contributed by atoms with Crippen molar-refractivity contribution in [3.63, 3.8) is 0 Å². The molecular formula is C20H27N2O3+. The van der Waals surface area contributed by atoms with E-state index in [4.69, 9.17) is 9.15 Å². The van der Waals surface area contributed by atoms with Crippen LogP contribution in [0.2, 0.25) is 0 Å². The van der Waals surface area contributed by atoms with Gasteiger partial charge < -0.3 is 19.4 Å². The Morgan fingerprint density at radius 3 is 2.72 bits per heavy atom. The lowest BCUT2D eigenvalue weighted by Gasteiger charge is -2.30. The molecule has 3 rings (SSSR count). The number of hydrogen-bond donors (Lipinski definition) is 2. The summed E-state index contributed by atoms with van der Waals surface area (Å²) in [5.74, 6) is 1.47. The van der Waals surface area contributed by atoms with Crippen LogP contribution < -0.4 is 15.0 Å². The van der Waals surface area contributed by atoms with E-state index in [0.29, 0.717) is 24.5 Å². The molecule has 5 nitrogen and oxygen atoms in total. The minimum atomic E-state index is -0.1000. The van der Waals surface area contributed by atoms with Crippen LogP contribution in [-0.4, -0.2) is 32.1 Å². The Kier molecular flexibility index (Phi) is 6.12. The molecule has 0 spiro atoms. The molecule has 1 aliphatic heterocycles. The van der Waals surface area contributed by atoms with Crippen molar-refractivity contribution in [1.82, 2.24) is 5.32 Å². The van der Waals surface area contributed by atoms with E-state index in [-0.39, 0.29) is 11.9 Å². The number of para-hydroxylation sites is 1. The van der Waals surface area contributed by atoms with E-state index in [0.717, 1.165) is 18.8 Å². The Balaban J connectivity index is 1.69. The van der Waals surface area contributed by atoms with Crippen molar-refractivity contribution in [2.45, 2.75) is 32.2 Å². The van der Waals surface area contributed by atoms with Gasteiger partial charge in [-0.1, -0.05) is 12.1 Å². The molecule has 1 atom stereocenters. The fourth-order valence-corrected chi connectivity index (χ4v) is 3.52. The lowest BCUT2D eigenvalue weighted by Crippen LogP contribution is -3.13. The van der Waals surface area contributed by atoms with Crippen molar-refractivity contribution < 1.29 is 18.8 Å². The minimum absolute atomic E-state index is 0.1000. The maximum absolute atomic E-state index is 12.7. The van der Waals surface area contributed by atoms with Crippen molar-refractivity contribution in [3.05, 3.63) is 54.0 Å².